The van der Waals surface area contributed by atoms with Crippen molar-refractivity contribution in [3.8, 4) is 0 Å². The van der Waals surface area contributed by atoms with Crippen molar-refractivity contribution in [2.75, 3.05) is 0 Å². The van der Waals surface area contributed by atoms with Crippen LogP contribution < -0.4 is 5.56 Å². The molecule has 72 valence electrons. The predicted molar refractivity (Wildman–Crippen MR) is 57.9 cm³/mol. The van der Waals surface area contributed by atoms with E-state index in [2.05, 4.69) is 0 Å². The highest BCUT2D eigenvalue weighted by molar-refractivity contribution is 5.56. The van der Waals surface area contributed by atoms with Crippen molar-refractivity contribution in [1.82, 2.24) is 4.40 Å². The fourth-order valence-electron chi connectivity index (χ4n) is 1.74. The van der Waals surface area contributed by atoms with Gasteiger partial charge in [0.15, 0.2) is 0 Å². The Morgan fingerprint density at radius 3 is 2.50 bits per heavy atom. The van der Waals surface area contributed by atoms with E-state index in [-0.39, 0.29) is 5.56 Å². The summed E-state index contributed by atoms with van der Waals surface area (Å²) in [5, 5.41) is 0. The molecule has 0 saturated carbocycles. The van der Waals surface area contributed by atoms with Crippen LogP contribution in [0, 0.1) is 20.8 Å². The number of hydrogen-bond donors (Lipinski definition) is 0. The Morgan fingerprint density at radius 1 is 1.07 bits per heavy atom. The Balaban J connectivity index is 3.02. The van der Waals surface area contributed by atoms with Gasteiger partial charge in [-0.15, -0.1) is 0 Å². The fourth-order valence-corrected chi connectivity index (χ4v) is 1.74. The molecule has 0 N–H and O–H groups in total. The van der Waals surface area contributed by atoms with Gasteiger partial charge in [0.25, 0.3) is 5.56 Å². The molecule has 2 rings (SSSR count). The Morgan fingerprint density at radius 2 is 1.79 bits per heavy atom. The monoisotopic (exact) mass is 187 g/mol. The first-order chi connectivity index (χ1) is 6.59. The Labute approximate surface area is 82.8 Å². The molecule has 0 aliphatic rings. The number of rotatable bonds is 0. The molecule has 2 heteroatoms. The van der Waals surface area contributed by atoms with Crippen LogP contribution in [0.2, 0.25) is 0 Å². The summed E-state index contributed by atoms with van der Waals surface area (Å²) >= 11 is 0. The summed E-state index contributed by atoms with van der Waals surface area (Å²) in [6.07, 6.45) is 1.84. The summed E-state index contributed by atoms with van der Waals surface area (Å²) in [6.45, 7) is 5.91. The first-order valence-corrected chi connectivity index (χ1v) is 4.69. The zero-order chi connectivity index (χ0) is 10.3. The van der Waals surface area contributed by atoms with Crippen molar-refractivity contribution in [1.29, 1.82) is 0 Å². The maximum absolute atomic E-state index is 11.8. The maximum Gasteiger partial charge on any atom is 0.257 e. The van der Waals surface area contributed by atoms with Gasteiger partial charge in [0.05, 0.1) is 5.52 Å². The number of pyridine rings is 2. The van der Waals surface area contributed by atoms with E-state index < -0.39 is 0 Å². The summed E-state index contributed by atoms with van der Waals surface area (Å²) in [5.74, 6) is 0. The number of hydrogen-bond acceptors (Lipinski definition) is 1. The van der Waals surface area contributed by atoms with Gasteiger partial charge in [-0.2, -0.15) is 0 Å². The van der Waals surface area contributed by atoms with Gasteiger partial charge in [0.1, 0.15) is 0 Å². The third kappa shape index (κ3) is 1.23. The molecule has 14 heavy (non-hydrogen) atoms. The summed E-state index contributed by atoms with van der Waals surface area (Å²) in [6, 6.07) is 5.93. The quantitative estimate of drug-likeness (QED) is 0.619. The van der Waals surface area contributed by atoms with Crippen LogP contribution in [-0.2, 0) is 0 Å². The van der Waals surface area contributed by atoms with E-state index in [0.29, 0.717) is 0 Å². The zero-order valence-electron chi connectivity index (χ0n) is 8.66. The van der Waals surface area contributed by atoms with Crippen molar-refractivity contribution < 1.29 is 0 Å². The number of aryl methyl sites for hydroxylation is 3. The SMILES string of the molecule is Cc1ccn2c(=O)c(C)cc(C)c2c1. The average molecular weight is 187 g/mol. The normalized spacial score (nSPS) is 10.8. The van der Waals surface area contributed by atoms with E-state index in [1.54, 1.807) is 4.40 Å². The van der Waals surface area contributed by atoms with Crippen molar-refractivity contribution in [2.45, 2.75) is 20.8 Å². The molecule has 2 aromatic heterocycles. The highest BCUT2D eigenvalue weighted by Gasteiger charge is 2.02. The topological polar surface area (TPSA) is 21.5 Å². The average Bonchev–Trinajstić information content (AvgIpc) is 2.14. The lowest BCUT2D eigenvalue weighted by atomic mass is 10.1. The molecule has 0 amide bonds. The molecule has 0 aliphatic heterocycles. The minimum Gasteiger partial charge on any atom is -0.284 e. The molecule has 0 atom stereocenters. The molecule has 2 nitrogen and oxygen atoms in total. The van der Waals surface area contributed by atoms with Crippen LogP contribution in [0.3, 0.4) is 0 Å². The lowest BCUT2D eigenvalue weighted by Gasteiger charge is -2.06. The van der Waals surface area contributed by atoms with Gasteiger partial charge >= 0.3 is 0 Å². The molecule has 0 spiro atoms. The van der Waals surface area contributed by atoms with E-state index in [9.17, 15) is 4.79 Å². The second-order valence-electron chi connectivity index (χ2n) is 3.77. The second-order valence-corrected chi connectivity index (χ2v) is 3.77. The molecule has 0 fully saturated rings. The standard InChI is InChI=1S/C12H13NO/c1-8-4-5-13-11(6-8)9(2)7-10(3)12(13)14/h4-7H,1-3H3. The lowest BCUT2D eigenvalue weighted by Crippen LogP contribution is -2.16. The van der Waals surface area contributed by atoms with Gasteiger partial charge in [0.2, 0.25) is 0 Å². The van der Waals surface area contributed by atoms with Gasteiger partial charge in [-0.05, 0) is 50.1 Å². The van der Waals surface area contributed by atoms with Crippen LogP contribution >= 0.6 is 0 Å². The third-order valence-electron chi connectivity index (χ3n) is 2.50. The van der Waals surface area contributed by atoms with E-state index in [0.717, 1.165) is 16.6 Å². The van der Waals surface area contributed by atoms with Gasteiger partial charge in [-0.3, -0.25) is 9.20 Å². The first kappa shape index (κ1) is 9.00. The van der Waals surface area contributed by atoms with Gasteiger partial charge in [-0.25, -0.2) is 0 Å². The summed E-state index contributed by atoms with van der Waals surface area (Å²) in [5.41, 5.74) is 4.19. The zero-order valence-corrected chi connectivity index (χ0v) is 8.66. The lowest BCUT2D eigenvalue weighted by molar-refractivity contribution is 1.05. The van der Waals surface area contributed by atoms with Gasteiger partial charge in [0, 0.05) is 11.8 Å². The second kappa shape index (κ2) is 2.98. The van der Waals surface area contributed by atoms with Crippen LogP contribution in [0.5, 0.6) is 0 Å². The van der Waals surface area contributed by atoms with Crippen LogP contribution in [0.15, 0.2) is 29.2 Å². The molecule has 0 saturated heterocycles. The van der Waals surface area contributed by atoms with Crippen molar-refractivity contribution >= 4 is 5.52 Å². The Kier molecular flexibility index (Phi) is 1.92. The largest absolute Gasteiger partial charge is 0.284 e. The minimum atomic E-state index is 0.0746. The molecule has 0 unspecified atom stereocenters. The maximum atomic E-state index is 11.8. The van der Waals surface area contributed by atoms with E-state index >= 15 is 0 Å². The number of aromatic nitrogens is 1. The van der Waals surface area contributed by atoms with Crippen molar-refractivity contribution in [3.05, 3.63) is 51.4 Å². The highest BCUT2D eigenvalue weighted by atomic mass is 16.1. The smallest absolute Gasteiger partial charge is 0.257 e. The predicted octanol–water partition coefficient (Wildman–Crippen LogP) is 2.22. The fraction of sp³-hybridized carbons (Fsp3) is 0.250. The Hall–Kier alpha value is -1.57. The summed E-state index contributed by atoms with van der Waals surface area (Å²) in [7, 11) is 0. The van der Waals surface area contributed by atoms with Crippen molar-refractivity contribution in [3.63, 3.8) is 0 Å². The molecule has 0 bridgehead atoms. The summed E-state index contributed by atoms with van der Waals surface area (Å²) < 4.78 is 1.71. The molecular weight excluding hydrogens is 174 g/mol. The molecule has 0 radical (unpaired) electrons. The van der Waals surface area contributed by atoms with Gasteiger partial charge < -0.3 is 0 Å². The van der Waals surface area contributed by atoms with Crippen LogP contribution in [0.4, 0.5) is 0 Å². The van der Waals surface area contributed by atoms with Crippen molar-refractivity contribution in [2.24, 2.45) is 0 Å². The van der Waals surface area contributed by atoms with Gasteiger partial charge in [-0.1, -0.05) is 0 Å². The molecule has 0 aliphatic carbocycles. The minimum absolute atomic E-state index is 0.0746. The van der Waals surface area contributed by atoms with Crippen LogP contribution in [0.1, 0.15) is 16.7 Å². The highest BCUT2D eigenvalue weighted by Crippen LogP contribution is 2.10. The van der Waals surface area contributed by atoms with Crippen LogP contribution in [0.25, 0.3) is 5.52 Å². The Bertz CT molecular complexity index is 552. The van der Waals surface area contributed by atoms with E-state index in [1.165, 1.54) is 5.56 Å². The third-order valence-corrected chi connectivity index (χ3v) is 2.50. The molecule has 2 heterocycles. The first-order valence-electron chi connectivity index (χ1n) is 4.69. The summed E-state index contributed by atoms with van der Waals surface area (Å²) in [4.78, 5) is 11.8. The number of nitrogens with zero attached hydrogens (tertiary/aromatic N) is 1. The van der Waals surface area contributed by atoms with E-state index in [4.69, 9.17) is 0 Å². The molecule has 2 aromatic rings. The van der Waals surface area contributed by atoms with Crippen LogP contribution in [-0.4, -0.2) is 4.40 Å². The molecule has 0 aromatic carbocycles. The number of fused-ring (bicyclic) bond motifs is 1. The molecular formula is C12H13NO. The van der Waals surface area contributed by atoms with E-state index in [1.807, 2.05) is 45.2 Å².